The SMILES string of the molecule is CC(C)OC(=O)N1CCC(O)CC1.CCS(=O)(=O)c1ccc(OC2CCCCC2)c(C)n1. The zero-order chi connectivity index (χ0) is 23.7. The molecule has 1 aliphatic carbocycles. The maximum Gasteiger partial charge on any atom is 0.410 e. The predicted octanol–water partition coefficient (Wildman–Crippen LogP) is 3.88. The van der Waals surface area contributed by atoms with E-state index in [4.69, 9.17) is 9.47 Å². The van der Waals surface area contributed by atoms with Crippen molar-refractivity contribution in [2.24, 2.45) is 0 Å². The lowest BCUT2D eigenvalue weighted by Crippen LogP contribution is -2.41. The lowest BCUT2D eigenvalue weighted by molar-refractivity contribution is 0.0457. The molecule has 1 aromatic heterocycles. The molecule has 1 saturated heterocycles. The second kappa shape index (κ2) is 12.4. The molecule has 1 saturated carbocycles. The number of likely N-dealkylation sites (tertiary alicyclic amines) is 1. The number of aliphatic hydroxyl groups is 1. The summed E-state index contributed by atoms with van der Waals surface area (Å²) in [4.78, 5) is 17.2. The number of amides is 1. The van der Waals surface area contributed by atoms with Crippen molar-refractivity contribution >= 4 is 15.9 Å². The highest BCUT2D eigenvalue weighted by Crippen LogP contribution is 2.26. The standard InChI is InChI=1S/C14H21NO3S.C9H17NO3/c1-3-19(16,17)14-10-9-13(11(2)15-14)18-12-7-5-4-6-8-12;1-7(2)13-9(12)10-5-3-8(11)4-6-10/h9-10,12H,3-8H2,1-2H3;7-8,11H,3-6H2,1-2H3. The number of ether oxygens (including phenoxy) is 2. The first-order valence-electron chi connectivity index (χ1n) is 11.6. The summed E-state index contributed by atoms with van der Waals surface area (Å²) in [6.45, 7) is 8.29. The maximum absolute atomic E-state index is 11.8. The number of pyridine rings is 1. The summed E-state index contributed by atoms with van der Waals surface area (Å²) in [6.07, 6.45) is 6.85. The van der Waals surface area contributed by atoms with E-state index in [-0.39, 0.29) is 35.2 Å². The molecule has 2 fully saturated rings. The van der Waals surface area contributed by atoms with Gasteiger partial charge in [-0.1, -0.05) is 13.3 Å². The van der Waals surface area contributed by atoms with Crippen LogP contribution in [0.4, 0.5) is 4.79 Å². The molecule has 9 heteroatoms. The van der Waals surface area contributed by atoms with Crippen LogP contribution in [0, 0.1) is 6.92 Å². The topological polar surface area (TPSA) is 106 Å². The number of piperidine rings is 1. The molecule has 1 amide bonds. The fraction of sp³-hybridized carbons (Fsp3) is 0.739. The Balaban J connectivity index is 0.000000244. The first-order chi connectivity index (χ1) is 15.1. The number of rotatable bonds is 5. The van der Waals surface area contributed by atoms with Crippen molar-refractivity contribution < 1.29 is 27.8 Å². The molecule has 1 N–H and O–H groups in total. The first kappa shape index (κ1) is 26.4. The molecular weight excluding hydrogens is 432 g/mol. The summed E-state index contributed by atoms with van der Waals surface area (Å²) in [5.41, 5.74) is 0.653. The number of carbonyl (C=O) groups is 1. The molecule has 0 radical (unpaired) electrons. The van der Waals surface area contributed by atoms with E-state index in [0.717, 1.165) is 12.8 Å². The Bertz CT molecular complexity index is 829. The Labute approximate surface area is 192 Å². The van der Waals surface area contributed by atoms with Crippen molar-refractivity contribution in [2.75, 3.05) is 18.8 Å². The summed E-state index contributed by atoms with van der Waals surface area (Å²) in [5.74, 6) is 0.782. The van der Waals surface area contributed by atoms with Gasteiger partial charge in [0.1, 0.15) is 5.75 Å². The predicted molar refractivity (Wildman–Crippen MR) is 123 cm³/mol. The molecule has 2 heterocycles. The normalized spacial score (nSPS) is 18.1. The highest BCUT2D eigenvalue weighted by atomic mass is 32.2. The van der Waals surface area contributed by atoms with Gasteiger partial charge in [0.2, 0.25) is 0 Å². The van der Waals surface area contributed by atoms with E-state index < -0.39 is 9.84 Å². The van der Waals surface area contributed by atoms with Crippen LogP contribution >= 0.6 is 0 Å². The summed E-state index contributed by atoms with van der Waals surface area (Å²) in [7, 11) is -3.24. The Hall–Kier alpha value is -1.87. The molecule has 0 aromatic carbocycles. The summed E-state index contributed by atoms with van der Waals surface area (Å²) >= 11 is 0. The van der Waals surface area contributed by atoms with Gasteiger partial charge < -0.3 is 19.5 Å². The van der Waals surface area contributed by atoms with Crippen LogP contribution in [0.5, 0.6) is 5.75 Å². The average molecular weight is 471 g/mol. The number of nitrogens with zero attached hydrogens (tertiary/aromatic N) is 2. The fourth-order valence-corrected chi connectivity index (χ4v) is 4.51. The highest BCUT2D eigenvalue weighted by molar-refractivity contribution is 7.91. The van der Waals surface area contributed by atoms with Crippen LogP contribution < -0.4 is 4.74 Å². The van der Waals surface area contributed by atoms with Crippen LogP contribution in [-0.2, 0) is 14.6 Å². The third kappa shape index (κ3) is 8.24. The van der Waals surface area contributed by atoms with Gasteiger partial charge in [0, 0.05) is 13.1 Å². The van der Waals surface area contributed by atoms with E-state index in [2.05, 4.69) is 4.98 Å². The Morgan fingerprint density at radius 3 is 2.31 bits per heavy atom. The Morgan fingerprint density at radius 1 is 1.16 bits per heavy atom. The van der Waals surface area contributed by atoms with E-state index in [1.165, 1.54) is 19.3 Å². The number of aliphatic hydroxyl groups excluding tert-OH is 1. The molecule has 2 aliphatic rings. The molecule has 1 aliphatic heterocycles. The van der Waals surface area contributed by atoms with Gasteiger partial charge in [-0.15, -0.1) is 0 Å². The van der Waals surface area contributed by atoms with Crippen LogP contribution in [0.3, 0.4) is 0 Å². The van der Waals surface area contributed by atoms with Gasteiger partial charge in [0.25, 0.3) is 0 Å². The van der Waals surface area contributed by atoms with Crippen molar-refractivity contribution in [3.05, 3.63) is 17.8 Å². The van der Waals surface area contributed by atoms with Crippen LogP contribution in [0.15, 0.2) is 17.2 Å². The molecule has 0 bridgehead atoms. The molecule has 0 atom stereocenters. The quantitative estimate of drug-likeness (QED) is 0.696. The number of carbonyl (C=O) groups excluding carboxylic acids is 1. The Morgan fingerprint density at radius 2 is 1.78 bits per heavy atom. The monoisotopic (exact) mass is 470 g/mol. The van der Waals surface area contributed by atoms with Crippen molar-refractivity contribution in [2.45, 2.75) is 96.0 Å². The van der Waals surface area contributed by atoms with Gasteiger partial charge in [-0.3, -0.25) is 0 Å². The summed E-state index contributed by atoms with van der Waals surface area (Å²) < 4.78 is 34.5. The van der Waals surface area contributed by atoms with Gasteiger partial charge in [-0.05, 0) is 71.4 Å². The number of sulfone groups is 1. The smallest absolute Gasteiger partial charge is 0.410 e. The second-order valence-electron chi connectivity index (χ2n) is 8.67. The second-order valence-corrected chi connectivity index (χ2v) is 10.9. The minimum Gasteiger partial charge on any atom is -0.489 e. The van der Waals surface area contributed by atoms with Gasteiger partial charge >= 0.3 is 6.09 Å². The minimum atomic E-state index is -3.24. The molecule has 182 valence electrons. The lowest BCUT2D eigenvalue weighted by atomic mass is 9.98. The third-order valence-corrected chi connectivity index (χ3v) is 7.24. The molecule has 8 nitrogen and oxygen atoms in total. The number of hydrogen-bond acceptors (Lipinski definition) is 7. The van der Waals surface area contributed by atoms with E-state index >= 15 is 0 Å². The van der Waals surface area contributed by atoms with Crippen molar-refractivity contribution in [1.82, 2.24) is 9.88 Å². The van der Waals surface area contributed by atoms with E-state index in [0.29, 0.717) is 37.4 Å². The minimum absolute atomic E-state index is 0.0700. The van der Waals surface area contributed by atoms with Crippen LogP contribution in [-0.4, -0.2) is 66.7 Å². The fourth-order valence-electron chi connectivity index (χ4n) is 3.66. The molecule has 0 unspecified atom stereocenters. The summed E-state index contributed by atoms with van der Waals surface area (Å²) in [5, 5.41) is 9.35. The number of hydrogen-bond donors (Lipinski definition) is 1. The average Bonchev–Trinajstić information content (AvgIpc) is 2.76. The van der Waals surface area contributed by atoms with E-state index in [1.54, 1.807) is 30.9 Å². The van der Waals surface area contributed by atoms with Crippen molar-refractivity contribution in [3.63, 3.8) is 0 Å². The van der Waals surface area contributed by atoms with Gasteiger partial charge in [-0.2, -0.15) is 0 Å². The van der Waals surface area contributed by atoms with E-state index in [1.807, 2.05) is 13.8 Å². The molecule has 3 rings (SSSR count). The van der Waals surface area contributed by atoms with E-state index in [9.17, 15) is 18.3 Å². The number of aryl methyl sites for hydroxylation is 1. The van der Waals surface area contributed by atoms with Crippen LogP contribution in [0.25, 0.3) is 0 Å². The van der Waals surface area contributed by atoms with Gasteiger partial charge in [0.15, 0.2) is 14.9 Å². The zero-order valence-electron chi connectivity index (χ0n) is 19.7. The van der Waals surface area contributed by atoms with Crippen LogP contribution in [0.1, 0.15) is 71.4 Å². The molecule has 0 spiro atoms. The molecule has 1 aromatic rings. The van der Waals surface area contributed by atoms with Crippen molar-refractivity contribution in [3.8, 4) is 5.75 Å². The Kier molecular flexibility index (Phi) is 10.2. The summed E-state index contributed by atoms with van der Waals surface area (Å²) in [6, 6.07) is 3.28. The lowest BCUT2D eigenvalue weighted by Gasteiger charge is -2.29. The van der Waals surface area contributed by atoms with Gasteiger partial charge in [-0.25, -0.2) is 18.2 Å². The van der Waals surface area contributed by atoms with Crippen LogP contribution in [0.2, 0.25) is 0 Å². The maximum atomic E-state index is 11.8. The number of aromatic nitrogens is 1. The molecular formula is C23H38N2O6S. The van der Waals surface area contributed by atoms with Gasteiger partial charge in [0.05, 0.1) is 29.8 Å². The molecule has 32 heavy (non-hydrogen) atoms. The highest BCUT2D eigenvalue weighted by Gasteiger charge is 2.22. The largest absolute Gasteiger partial charge is 0.489 e. The third-order valence-electron chi connectivity index (χ3n) is 5.62. The zero-order valence-corrected chi connectivity index (χ0v) is 20.6. The first-order valence-corrected chi connectivity index (χ1v) is 13.3. The van der Waals surface area contributed by atoms with Crippen molar-refractivity contribution in [1.29, 1.82) is 0 Å².